The Bertz CT molecular complexity index is 1290. The zero-order valence-corrected chi connectivity index (χ0v) is 18.1. The van der Waals surface area contributed by atoms with Gasteiger partial charge in [-0.25, -0.2) is 0 Å². The van der Waals surface area contributed by atoms with E-state index < -0.39 is 11.9 Å². The number of nitrogens with zero attached hydrogens (tertiary/aromatic N) is 2. The van der Waals surface area contributed by atoms with E-state index in [1.54, 1.807) is 30.0 Å². The lowest BCUT2D eigenvalue weighted by Crippen LogP contribution is -2.29. The maximum Gasteiger partial charge on any atom is 0.316 e. The topological polar surface area (TPSA) is 84.0 Å². The number of imide groups is 1. The molecular formula is C26H22N2O5. The molecule has 1 atom stereocenters. The van der Waals surface area contributed by atoms with Gasteiger partial charge < -0.3 is 9.64 Å². The first-order valence-corrected chi connectivity index (χ1v) is 10.9. The molecule has 3 aromatic carbocycles. The van der Waals surface area contributed by atoms with Crippen molar-refractivity contribution in [2.45, 2.75) is 26.2 Å². The van der Waals surface area contributed by atoms with E-state index >= 15 is 0 Å². The summed E-state index contributed by atoms with van der Waals surface area (Å²) in [5, 5.41) is 1.99. The lowest BCUT2D eigenvalue weighted by Gasteiger charge is -2.19. The van der Waals surface area contributed by atoms with Gasteiger partial charge in [0.25, 0.3) is 0 Å². The van der Waals surface area contributed by atoms with Crippen LogP contribution in [0.3, 0.4) is 0 Å². The molecule has 0 aliphatic carbocycles. The maximum absolute atomic E-state index is 12.8. The first-order valence-electron chi connectivity index (χ1n) is 10.9. The predicted molar refractivity (Wildman–Crippen MR) is 123 cm³/mol. The lowest BCUT2D eigenvalue weighted by atomic mass is 10.1. The summed E-state index contributed by atoms with van der Waals surface area (Å²) in [6.45, 7) is 2.01. The molecule has 7 nitrogen and oxygen atoms in total. The summed E-state index contributed by atoms with van der Waals surface area (Å²) in [5.74, 6) is -1.33. The molecule has 166 valence electrons. The number of carbonyl (C=O) groups excluding carboxylic acids is 4. The van der Waals surface area contributed by atoms with Crippen LogP contribution < -0.4 is 14.5 Å². The molecule has 2 fully saturated rings. The summed E-state index contributed by atoms with van der Waals surface area (Å²) in [6.07, 6.45) is 0.492. The minimum atomic E-state index is -0.585. The van der Waals surface area contributed by atoms with Crippen molar-refractivity contribution >= 4 is 45.8 Å². The van der Waals surface area contributed by atoms with Crippen LogP contribution in [-0.4, -0.2) is 30.2 Å². The molecule has 0 spiro atoms. The van der Waals surface area contributed by atoms with Crippen molar-refractivity contribution < 1.29 is 23.9 Å². The van der Waals surface area contributed by atoms with Gasteiger partial charge in [-0.15, -0.1) is 0 Å². The van der Waals surface area contributed by atoms with Gasteiger partial charge in [-0.05, 0) is 42.1 Å². The molecular weight excluding hydrogens is 420 g/mol. The summed E-state index contributed by atoms with van der Waals surface area (Å²) in [7, 11) is 0. The zero-order valence-electron chi connectivity index (χ0n) is 18.1. The fourth-order valence-electron chi connectivity index (χ4n) is 4.53. The van der Waals surface area contributed by atoms with Gasteiger partial charge in [0.05, 0.1) is 17.3 Å². The molecule has 0 unspecified atom stereocenters. The van der Waals surface area contributed by atoms with Crippen molar-refractivity contribution in [3.63, 3.8) is 0 Å². The van der Waals surface area contributed by atoms with E-state index in [1.807, 2.05) is 42.5 Å². The molecule has 5 rings (SSSR count). The van der Waals surface area contributed by atoms with Crippen LogP contribution >= 0.6 is 0 Å². The first kappa shape index (κ1) is 20.9. The third kappa shape index (κ3) is 3.75. The number of carbonyl (C=O) groups is 4. The Morgan fingerprint density at radius 1 is 0.879 bits per heavy atom. The molecule has 0 bridgehead atoms. The molecule has 3 aromatic rings. The third-order valence-electron chi connectivity index (χ3n) is 6.19. The van der Waals surface area contributed by atoms with Gasteiger partial charge in [-0.3, -0.25) is 24.1 Å². The van der Waals surface area contributed by atoms with Crippen LogP contribution in [0.15, 0.2) is 60.7 Å². The Morgan fingerprint density at radius 2 is 1.61 bits per heavy atom. The van der Waals surface area contributed by atoms with Crippen LogP contribution in [0.5, 0.6) is 5.75 Å². The number of aryl methyl sites for hydroxylation is 1. The molecule has 0 saturated carbocycles. The second-order valence-corrected chi connectivity index (χ2v) is 8.40. The largest absolute Gasteiger partial charge is 0.426 e. The molecule has 2 saturated heterocycles. The summed E-state index contributed by atoms with van der Waals surface area (Å²) < 4.78 is 5.56. The number of fused-ring (bicyclic) bond motifs is 1. The van der Waals surface area contributed by atoms with Gasteiger partial charge in [-0.2, -0.15) is 0 Å². The van der Waals surface area contributed by atoms with E-state index in [4.69, 9.17) is 4.74 Å². The average Bonchev–Trinajstić information content (AvgIpc) is 3.35. The van der Waals surface area contributed by atoms with Gasteiger partial charge in [-0.1, -0.05) is 36.4 Å². The van der Waals surface area contributed by atoms with Crippen LogP contribution in [-0.2, 0) is 19.2 Å². The van der Waals surface area contributed by atoms with Crippen molar-refractivity contribution in [2.24, 2.45) is 5.92 Å². The second kappa shape index (κ2) is 8.16. The summed E-state index contributed by atoms with van der Waals surface area (Å²) in [4.78, 5) is 52.4. The average molecular weight is 442 g/mol. The fraction of sp³-hybridized carbons (Fsp3) is 0.231. The highest BCUT2D eigenvalue weighted by Gasteiger charge is 2.37. The number of ether oxygens (including phenoxy) is 1. The smallest absolute Gasteiger partial charge is 0.316 e. The lowest BCUT2D eigenvalue weighted by molar-refractivity contribution is -0.139. The van der Waals surface area contributed by atoms with Crippen LogP contribution in [0.2, 0.25) is 0 Å². The first-order chi connectivity index (χ1) is 15.9. The van der Waals surface area contributed by atoms with Crippen molar-refractivity contribution in [3.05, 3.63) is 66.2 Å². The fourth-order valence-corrected chi connectivity index (χ4v) is 4.53. The number of esters is 1. The highest BCUT2D eigenvalue weighted by Crippen LogP contribution is 2.33. The number of anilines is 2. The zero-order chi connectivity index (χ0) is 23.1. The number of amides is 3. The van der Waals surface area contributed by atoms with Gasteiger partial charge >= 0.3 is 5.97 Å². The summed E-state index contributed by atoms with van der Waals surface area (Å²) in [6, 6.07) is 18.4. The Kier molecular flexibility index (Phi) is 5.17. The number of hydrogen-bond donors (Lipinski definition) is 0. The number of rotatable bonds is 4. The second-order valence-electron chi connectivity index (χ2n) is 8.40. The van der Waals surface area contributed by atoms with E-state index in [1.165, 1.54) is 4.90 Å². The molecule has 3 amide bonds. The molecule has 0 N–H and O–H groups in total. The van der Waals surface area contributed by atoms with Crippen LogP contribution in [0.1, 0.15) is 24.8 Å². The molecule has 0 radical (unpaired) electrons. The number of benzene rings is 3. The van der Waals surface area contributed by atoms with Gasteiger partial charge in [0.2, 0.25) is 17.7 Å². The van der Waals surface area contributed by atoms with E-state index in [-0.39, 0.29) is 43.5 Å². The Morgan fingerprint density at radius 3 is 2.36 bits per heavy atom. The normalized spacial score (nSPS) is 18.5. The summed E-state index contributed by atoms with van der Waals surface area (Å²) >= 11 is 0. The van der Waals surface area contributed by atoms with E-state index in [0.717, 1.165) is 16.5 Å². The quantitative estimate of drug-likeness (QED) is 0.349. The van der Waals surface area contributed by atoms with E-state index in [9.17, 15) is 19.2 Å². The molecule has 7 heteroatoms. The molecule has 33 heavy (non-hydrogen) atoms. The molecule has 2 aliphatic rings. The van der Waals surface area contributed by atoms with Gasteiger partial charge in [0, 0.05) is 31.2 Å². The van der Waals surface area contributed by atoms with Crippen molar-refractivity contribution in [1.29, 1.82) is 0 Å². The third-order valence-corrected chi connectivity index (χ3v) is 6.19. The standard InChI is InChI=1S/C26H22N2O5/c1-16-13-19(9-10-21(16)28-23(29)11-12-24(28)30)33-26(32)18-14-25(31)27(15-18)22-8-4-6-17-5-2-3-7-20(17)22/h2-10,13,18H,11-12,14-15H2,1H3/t18-/m1/s1. The Balaban J connectivity index is 1.32. The Hall–Kier alpha value is -4.00. The van der Waals surface area contributed by atoms with Gasteiger partial charge in [0.15, 0.2) is 0 Å². The SMILES string of the molecule is Cc1cc(OC(=O)[C@@H]2CC(=O)N(c3cccc4ccccc34)C2)ccc1N1C(=O)CCC1=O. The minimum Gasteiger partial charge on any atom is -0.426 e. The maximum atomic E-state index is 12.8. The highest BCUT2D eigenvalue weighted by molar-refractivity contribution is 6.20. The Labute approximate surface area is 190 Å². The molecule has 2 aliphatic heterocycles. The molecule has 2 heterocycles. The highest BCUT2D eigenvalue weighted by atomic mass is 16.5. The van der Waals surface area contributed by atoms with Crippen LogP contribution in [0.25, 0.3) is 10.8 Å². The van der Waals surface area contributed by atoms with E-state index in [0.29, 0.717) is 17.0 Å². The number of hydrogen-bond acceptors (Lipinski definition) is 5. The van der Waals surface area contributed by atoms with Crippen LogP contribution in [0.4, 0.5) is 11.4 Å². The van der Waals surface area contributed by atoms with Crippen molar-refractivity contribution in [2.75, 3.05) is 16.3 Å². The van der Waals surface area contributed by atoms with Crippen molar-refractivity contribution in [1.82, 2.24) is 0 Å². The van der Waals surface area contributed by atoms with Crippen LogP contribution in [0, 0.1) is 12.8 Å². The van der Waals surface area contributed by atoms with Gasteiger partial charge in [0.1, 0.15) is 5.75 Å². The van der Waals surface area contributed by atoms with Crippen molar-refractivity contribution in [3.8, 4) is 5.75 Å². The predicted octanol–water partition coefficient (Wildman–Crippen LogP) is 3.76. The minimum absolute atomic E-state index is 0.0793. The van der Waals surface area contributed by atoms with E-state index in [2.05, 4.69) is 0 Å². The monoisotopic (exact) mass is 442 g/mol. The summed E-state index contributed by atoms with van der Waals surface area (Å²) in [5.41, 5.74) is 1.94. The molecule has 0 aromatic heterocycles.